The molecule has 1 aromatic rings. The van der Waals surface area contributed by atoms with Crippen LogP contribution < -0.4 is 0 Å². The summed E-state index contributed by atoms with van der Waals surface area (Å²) in [7, 11) is 0. The van der Waals surface area contributed by atoms with E-state index < -0.39 is 29.1 Å². The Morgan fingerprint density at radius 3 is 1.53 bits per heavy atom. The lowest BCUT2D eigenvalue weighted by Crippen LogP contribution is -2.50. The SMILES string of the molecule is Cc1ccccc1C(F)(C(F)(F)F)C(F)(F)F. The Labute approximate surface area is 92.0 Å². The molecular formula is C10H7F7. The number of alkyl halides is 7. The van der Waals surface area contributed by atoms with Crippen molar-refractivity contribution in [1.29, 1.82) is 0 Å². The van der Waals surface area contributed by atoms with Gasteiger partial charge in [0, 0.05) is 5.56 Å². The van der Waals surface area contributed by atoms with Gasteiger partial charge >= 0.3 is 18.0 Å². The maximum atomic E-state index is 13.5. The summed E-state index contributed by atoms with van der Waals surface area (Å²) in [4.78, 5) is 0. The molecule has 0 saturated heterocycles. The second-order valence-electron chi connectivity index (χ2n) is 3.47. The summed E-state index contributed by atoms with van der Waals surface area (Å²) in [6.45, 7) is 0.987. The Morgan fingerprint density at radius 1 is 0.765 bits per heavy atom. The van der Waals surface area contributed by atoms with E-state index >= 15 is 0 Å². The van der Waals surface area contributed by atoms with Crippen LogP contribution in [0.4, 0.5) is 30.7 Å². The van der Waals surface area contributed by atoms with Gasteiger partial charge in [-0.25, -0.2) is 4.39 Å². The van der Waals surface area contributed by atoms with Gasteiger partial charge in [-0.3, -0.25) is 0 Å². The first-order valence-corrected chi connectivity index (χ1v) is 4.40. The van der Waals surface area contributed by atoms with Gasteiger partial charge in [-0.15, -0.1) is 0 Å². The lowest BCUT2D eigenvalue weighted by molar-refractivity contribution is -0.348. The molecule has 0 N–H and O–H groups in total. The number of halogens is 7. The van der Waals surface area contributed by atoms with Gasteiger partial charge in [0.05, 0.1) is 0 Å². The van der Waals surface area contributed by atoms with Crippen molar-refractivity contribution in [2.45, 2.75) is 24.9 Å². The van der Waals surface area contributed by atoms with Crippen LogP contribution in [0, 0.1) is 6.92 Å². The number of hydrogen-bond acceptors (Lipinski definition) is 0. The van der Waals surface area contributed by atoms with E-state index in [2.05, 4.69) is 0 Å². The normalized spacial score (nSPS) is 13.9. The summed E-state index contributed by atoms with van der Waals surface area (Å²) in [6, 6.07) is 3.62. The van der Waals surface area contributed by atoms with E-state index in [4.69, 9.17) is 0 Å². The minimum atomic E-state index is -6.06. The molecule has 0 unspecified atom stereocenters. The van der Waals surface area contributed by atoms with Gasteiger partial charge in [-0.2, -0.15) is 26.3 Å². The van der Waals surface area contributed by atoms with Crippen molar-refractivity contribution in [1.82, 2.24) is 0 Å². The standard InChI is InChI=1S/C10H7F7/c1-6-4-2-3-5-7(6)8(11,9(12,13)14)10(15,16)17/h2-5H,1H3. The molecule has 0 aliphatic heterocycles. The second-order valence-corrected chi connectivity index (χ2v) is 3.47. The third kappa shape index (κ3) is 2.10. The maximum Gasteiger partial charge on any atom is 0.435 e. The van der Waals surface area contributed by atoms with Crippen molar-refractivity contribution in [2.24, 2.45) is 0 Å². The lowest BCUT2D eigenvalue weighted by atomic mass is 9.90. The quantitative estimate of drug-likeness (QED) is 0.661. The molecule has 7 heteroatoms. The zero-order valence-corrected chi connectivity index (χ0v) is 8.46. The smallest absolute Gasteiger partial charge is 0.218 e. The number of rotatable bonds is 1. The van der Waals surface area contributed by atoms with Gasteiger partial charge in [-0.1, -0.05) is 24.3 Å². The zero-order valence-electron chi connectivity index (χ0n) is 8.46. The zero-order chi connectivity index (χ0) is 13.5. The van der Waals surface area contributed by atoms with Crippen LogP contribution in [-0.4, -0.2) is 12.4 Å². The maximum absolute atomic E-state index is 13.5. The number of hydrogen-bond donors (Lipinski definition) is 0. The fourth-order valence-corrected chi connectivity index (χ4v) is 1.43. The Kier molecular flexibility index (Phi) is 3.15. The van der Waals surface area contributed by atoms with Crippen LogP contribution in [0.3, 0.4) is 0 Å². The first-order chi connectivity index (χ1) is 7.52. The van der Waals surface area contributed by atoms with Crippen molar-refractivity contribution < 1.29 is 30.7 Å². The van der Waals surface area contributed by atoms with Crippen molar-refractivity contribution in [2.75, 3.05) is 0 Å². The molecule has 1 aromatic carbocycles. The number of aryl methyl sites for hydroxylation is 1. The van der Waals surface area contributed by atoms with Crippen molar-refractivity contribution >= 4 is 0 Å². The molecule has 0 nitrogen and oxygen atoms in total. The van der Waals surface area contributed by atoms with Crippen molar-refractivity contribution in [3.8, 4) is 0 Å². The highest BCUT2D eigenvalue weighted by Gasteiger charge is 2.73. The minimum absolute atomic E-state index is 0.412. The van der Waals surface area contributed by atoms with E-state index in [1.54, 1.807) is 0 Å². The van der Waals surface area contributed by atoms with E-state index in [9.17, 15) is 30.7 Å². The molecule has 0 radical (unpaired) electrons. The Hall–Kier alpha value is -1.27. The Bertz CT molecular complexity index is 388. The molecule has 17 heavy (non-hydrogen) atoms. The first-order valence-electron chi connectivity index (χ1n) is 4.40. The van der Waals surface area contributed by atoms with E-state index in [1.165, 1.54) is 6.07 Å². The van der Waals surface area contributed by atoms with Gasteiger partial charge in [0.1, 0.15) is 0 Å². The van der Waals surface area contributed by atoms with Gasteiger partial charge < -0.3 is 0 Å². The van der Waals surface area contributed by atoms with E-state index in [0.29, 0.717) is 6.07 Å². The largest absolute Gasteiger partial charge is 0.435 e. The molecule has 0 spiro atoms. The lowest BCUT2D eigenvalue weighted by Gasteiger charge is -2.31. The molecule has 0 aliphatic rings. The molecule has 0 aliphatic carbocycles. The van der Waals surface area contributed by atoms with Gasteiger partial charge in [0.25, 0.3) is 0 Å². The fraction of sp³-hybridized carbons (Fsp3) is 0.400. The van der Waals surface area contributed by atoms with Gasteiger partial charge in [-0.05, 0) is 12.5 Å². The highest BCUT2D eigenvalue weighted by molar-refractivity contribution is 5.34. The van der Waals surface area contributed by atoms with Crippen LogP contribution in [0.5, 0.6) is 0 Å². The topological polar surface area (TPSA) is 0 Å². The van der Waals surface area contributed by atoms with E-state index in [-0.39, 0.29) is 0 Å². The average molecular weight is 260 g/mol. The molecule has 0 heterocycles. The van der Waals surface area contributed by atoms with E-state index in [1.807, 2.05) is 0 Å². The molecule has 0 atom stereocenters. The summed E-state index contributed by atoms with van der Waals surface area (Å²) in [6.07, 6.45) is -12.1. The van der Waals surface area contributed by atoms with E-state index in [0.717, 1.165) is 19.1 Å². The molecular weight excluding hydrogens is 253 g/mol. The molecule has 0 amide bonds. The van der Waals surface area contributed by atoms with Crippen LogP contribution in [-0.2, 0) is 5.67 Å². The molecule has 0 bridgehead atoms. The molecule has 0 saturated carbocycles. The third-order valence-corrected chi connectivity index (χ3v) is 2.30. The predicted octanol–water partition coefficient (Wildman–Crippen LogP) is 4.28. The second kappa shape index (κ2) is 3.89. The van der Waals surface area contributed by atoms with Gasteiger partial charge in [0.2, 0.25) is 0 Å². The third-order valence-electron chi connectivity index (χ3n) is 2.30. The molecule has 0 aromatic heterocycles. The summed E-state index contributed by atoms with van der Waals surface area (Å²) in [5.74, 6) is 0. The fourth-order valence-electron chi connectivity index (χ4n) is 1.43. The highest BCUT2D eigenvalue weighted by Crippen LogP contribution is 2.53. The highest BCUT2D eigenvalue weighted by atomic mass is 19.4. The predicted molar refractivity (Wildman–Crippen MR) is 46.1 cm³/mol. The van der Waals surface area contributed by atoms with Gasteiger partial charge in [0.15, 0.2) is 0 Å². The minimum Gasteiger partial charge on any atom is -0.218 e. The summed E-state index contributed by atoms with van der Waals surface area (Å²) >= 11 is 0. The number of benzene rings is 1. The van der Waals surface area contributed by atoms with Crippen LogP contribution >= 0.6 is 0 Å². The van der Waals surface area contributed by atoms with Crippen LogP contribution in [0.2, 0.25) is 0 Å². The van der Waals surface area contributed by atoms with Crippen LogP contribution in [0.15, 0.2) is 24.3 Å². The Morgan fingerprint density at radius 2 is 1.18 bits per heavy atom. The summed E-state index contributed by atoms with van der Waals surface area (Å²) in [5, 5.41) is 0. The summed E-state index contributed by atoms with van der Waals surface area (Å²) < 4.78 is 87.8. The van der Waals surface area contributed by atoms with Crippen LogP contribution in [0.1, 0.15) is 11.1 Å². The molecule has 0 fully saturated rings. The Balaban J connectivity index is 3.53. The van der Waals surface area contributed by atoms with Crippen molar-refractivity contribution in [3.05, 3.63) is 35.4 Å². The first kappa shape index (κ1) is 13.8. The average Bonchev–Trinajstić information content (AvgIpc) is 2.13. The summed E-state index contributed by atoms with van der Waals surface area (Å²) in [5.41, 5.74) is -7.18. The monoisotopic (exact) mass is 260 g/mol. The van der Waals surface area contributed by atoms with Crippen LogP contribution in [0.25, 0.3) is 0 Å². The molecule has 1 rings (SSSR count). The van der Waals surface area contributed by atoms with Crippen molar-refractivity contribution in [3.63, 3.8) is 0 Å². The molecule has 96 valence electrons.